The molecule has 1 unspecified atom stereocenters. The molecule has 4 aliphatic carbocycles. The lowest BCUT2D eigenvalue weighted by Crippen LogP contribution is -2.50. The van der Waals surface area contributed by atoms with Gasteiger partial charge in [0.2, 0.25) is 11.8 Å². The van der Waals surface area contributed by atoms with Crippen LogP contribution in [0.5, 0.6) is 5.75 Å². The summed E-state index contributed by atoms with van der Waals surface area (Å²) in [6.45, 7) is 1.94. The highest BCUT2D eigenvalue weighted by Gasteiger charge is 2.51. The number of hydrogen-bond donors (Lipinski definition) is 2. The summed E-state index contributed by atoms with van der Waals surface area (Å²) in [5, 5.41) is 0. The van der Waals surface area contributed by atoms with Gasteiger partial charge in [-0.25, -0.2) is 0 Å². The summed E-state index contributed by atoms with van der Waals surface area (Å²) in [6, 6.07) is 7.31. The molecule has 0 aromatic heterocycles. The van der Waals surface area contributed by atoms with Gasteiger partial charge >= 0.3 is 0 Å². The molecule has 5 aliphatic rings. The van der Waals surface area contributed by atoms with Crippen molar-refractivity contribution >= 4 is 23.4 Å². The predicted octanol–water partition coefficient (Wildman–Crippen LogP) is 2.94. The largest absolute Gasteiger partial charge is 0.479 e. The second-order valence-electron chi connectivity index (χ2n) is 10.2. The first-order valence-electron chi connectivity index (χ1n) is 11.6. The molecule has 4 saturated carbocycles. The van der Waals surface area contributed by atoms with E-state index in [1.165, 1.54) is 19.3 Å². The minimum atomic E-state index is -0.585. The number of carbonyl (C=O) groups is 3. The van der Waals surface area contributed by atoms with Crippen molar-refractivity contribution in [3.05, 3.63) is 24.3 Å². The van der Waals surface area contributed by atoms with E-state index in [-0.39, 0.29) is 36.1 Å². The summed E-state index contributed by atoms with van der Waals surface area (Å²) in [7, 11) is 0. The fourth-order valence-corrected chi connectivity index (χ4v) is 6.90. The highest BCUT2D eigenvalue weighted by molar-refractivity contribution is 6.00. The number of carbonyl (C=O) groups excluding carboxylic acids is 3. The Labute approximate surface area is 182 Å². The normalized spacial score (nSPS) is 32.9. The molecule has 6 rings (SSSR count). The van der Waals surface area contributed by atoms with E-state index in [0.29, 0.717) is 17.9 Å². The molecule has 0 spiro atoms. The molecule has 1 aliphatic heterocycles. The second kappa shape index (κ2) is 7.84. The van der Waals surface area contributed by atoms with Gasteiger partial charge in [0.05, 0.1) is 5.69 Å². The van der Waals surface area contributed by atoms with Crippen LogP contribution in [0.2, 0.25) is 0 Å². The third-order valence-electron chi connectivity index (χ3n) is 7.68. The molecule has 7 heteroatoms. The second-order valence-corrected chi connectivity index (χ2v) is 10.2. The molecule has 4 bridgehead atoms. The Morgan fingerprint density at radius 2 is 1.65 bits per heavy atom. The molecule has 4 fully saturated rings. The monoisotopic (exact) mass is 425 g/mol. The van der Waals surface area contributed by atoms with Crippen LogP contribution in [0.4, 0.5) is 5.69 Å². The van der Waals surface area contributed by atoms with Crippen molar-refractivity contribution in [2.45, 2.75) is 64.4 Å². The summed E-state index contributed by atoms with van der Waals surface area (Å²) < 4.78 is 5.63. The van der Waals surface area contributed by atoms with Crippen molar-refractivity contribution in [3.63, 3.8) is 0 Å². The van der Waals surface area contributed by atoms with E-state index in [2.05, 4.69) is 10.9 Å². The number of ether oxygens (including phenoxy) is 1. The number of nitrogens with one attached hydrogen (secondary N) is 2. The van der Waals surface area contributed by atoms with Gasteiger partial charge in [-0.2, -0.15) is 0 Å². The minimum absolute atomic E-state index is 0.100. The third kappa shape index (κ3) is 4.02. The molecule has 1 aromatic rings. The van der Waals surface area contributed by atoms with Gasteiger partial charge in [-0.05, 0) is 80.8 Å². The molecule has 166 valence electrons. The van der Waals surface area contributed by atoms with Gasteiger partial charge in [0.15, 0.2) is 6.10 Å². The third-order valence-corrected chi connectivity index (χ3v) is 7.68. The Morgan fingerprint density at radius 1 is 1.03 bits per heavy atom. The van der Waals surface area contributed by atoms with Gasteiger partial charge < -0.3 is 9.64 Å². The van der Waals surface area contributed by atoms with E-state index in [1.54, 1.807) is 11.8 Å². The van der Waals surface area contributed by atoms with Gasteiger partial charge in [0.25, 0.3) is 5.91 Å². The first kappa shape index (κ1) is 20.3. The van der Waals surface area contributed by atoms with E-state index in [9.17, 15) is 14.4 Å². The Hall–Kier alpha value is -2.57. The van der Waals surface area contributed by atoms with Gasteiger partial charge in [0.1, 0.15) is 5.75 Å². The molecule has 2 N–H and O–H groups in total. The standard InChI is InChI=1S/C24H31N3O4/c1-15-23(30)27(19-4-2-3-5-20(19)31-15)7-6-21(28)25-26-22(29)14-24-11-16-8-17(12-24)10-18(9-16)13-24/h2-5,15-18H,6-14H2,1H3,(H,25,28)(H,26,29). The summed E-state index contributed by atoms with van der Waals surface area (Å²) in [5.74, 6) is 2.45. The van der Waals surface area contributed by atoms with E-state index < -0.39 is 6.10 Å². The summed E-state index contributed by atoms with van der Waals surface area (Å²) in [5.41, 5.74) is 5.98. The van der Waals surface area contributed by atoms with Crippen LogP contribution in [0.15, 0.2) is 24.3 Å². The number of amides is 3. The summed E-state index contributed by atoms with van der Waals surface area (Å²) >= 11 is 0. The van der Waals surface area contributed by atoms with E-state index >= 15 is 0 Å². The van der Waals surface area contributed by atoms with Crippen LogP contribution in [0.3, 0.4) is 0 Å². The zero-order valence-corrected chi connectivity index (χ0v) is 18.1. The Bertz CT molecular complexity index is 863. The highest BCUT2D eigenvalue weighted by atomic mass is 16.5. The van der Waals surface area contributed by atoms with Gasteiger partial charge in [-0.3, -0.25) is 25.2 Å². The Morgan fingerprint density at radius 3 is 2.32 bits per heavy atom. The number of benzene rings is 1. The van der Waals surface area contributed by atoms with Crippen molar-refractivity contribution in [1.82, 2.24) is 10.9 Å². The number of hydrogen-bond acceptors (Lipinski definition) is 4. The Kier molecular flexibility index (Phi) is 5.15. The fourth-order valence-electron chi connectivity index (χ4n) is 6.90. The van der Waals surface area contributed by atoms with Crippen LogP contribution in [0, 0.1) is 23.2 Å². The first-order chi connectivity index (χ1) is 14.9. The molecule has 31 heavy (non-hydrogen) atoms. The molecule has 1 heterocycles. The average molecular weight is 426 g/mol. The SMILES string of the molecule is CC1Oc2ccccc2N(CCC(=O)NNC(=O)CC23CC4CC(CC(C4)C2)C3)C1=O. The van der Waals surface area contributed by atoms with Crippen LogP contribution in [0.25, 0.3) is 0 Å². The zero-order chi connectivity index (χ0) is 21.6. The number of anilines is 1. The van der Waals surface area contributed by atoms with Crippen LogP contribution in [0.1, 0.15) is 58.3 Å². The van der Waals surface area contributed by atoms with Crippen LogP contribution < -0.4 is 20.5 Å². The highest BCUT2D eigenvalue weighted by Crippen LogP contribution is 2.61. The van der Waals surface area contributed by atoms with Crippen molar-refractivity contribution in [2.75, 3.05) is 11.4 Å². The van der Waals surface area contributed by atoms with Crippen molar-refractivity contribution in [1.29, 1.82) is 0 Å². The maximum absolute atomic E-state index is 12.6. The molecule has 1 aromatic carbocycles. The first-order valence-corrected chi connectivity index (χ1v) is 11.6. The maximum atomic E-state index is 12.6. The van der Waals surface area contributed by atoms with Crippen molar-refractivity contribution < 1.29 is 19.1 Å². The molecule has 3 amide bonds. The van der Waals surface area contributed by atoms with Crippen molar-refractivity contribution in [2.24, 2.45) is 23.2 Å². The number of fused-ring (bicyclic) bond motifs is 1. The van der Waals surface area contributed by atoms with Gasteiger partial charge in [0, 0.05) is 19.4 Å². The maximum Gasteiger partial charge on any atom is 0.267 e. The molecule has 7 nitrogen and oxygen atoms in total. The van der Waals surface area contributed by atoms with E-state index in [1.807, 2.05) is 24.3 Å². The number of rotatable bonds is 5. The smallest absolute Gasteiger partial charge is 0.267 e. The van der Waals surface area contributed by atoms with Crippen LogP contribution >= 0.6 is 0 Å². The van der Waals surface area contributed by atoms with Gasteiger partial charge in [-0.15, -0.1) is 0 Å². The quantitative estimate of drug-likeness (QED) is 0.710. The fraction of sp³-hybridized carbons (Fsp3) is 0.625. The van der Waals surface area contributed by atoms with E-state index in [4.69, 9.17) is 4.74 Å². The molecule has 0 saturated heterocycles. The zero-order valence-electron chi connectivity index (χ0n) is 18.1. The minimum Gasteiger partial charge on any atom is -0.479 e. The lowest BCUT2D eigenvalue weighted by Gasteiger charge is -2.56. The molecular weight excluding hydrogens is 394 g/mol. The average Bonchev–Trinajstić information content (AvgIpc) is 2.71. The molecule has 1 atom stereocenters. The van der Waals surface area contributed by atoms with Gasteiger partial charge in [-0.1, -0.05) is 12.1 Å². The lowest BCUT2D eigenvalue weighted by molar-refractivity contribution is -0.134. The van der Waals surface area contributed by atoms with Crippen molar-refractivity contribution in [3.8, 4) is 5.75 Å². The predicted molar refractivity (Wildman–Crippen MR) is 115 cm³/mol. The Balaban J connectivity index is 1.12. The molecule has 0 radical (unpaired) electrons. The van der Waals surface area contributed by atoms with E-state index in [0.717, 1.165) is 37.0 Å². The topological polar surface area (TPSA) is 87.7 Å². The summed E-state index contributed by atoms with van der Waals surface area (Å²) in [6.07, 6.45) is 7.55. The number of para-hydroxylation sites is 2. The molecular formula is C24H31N3O4. The van der Waals surface area contributed by atoms with Crippen LogP contribution in [-0.2, 0) is 14.4 Å². The number of hydrazine groups is 1. The lowest BCUT2D eigenvalue weighted by atomic mass is 9.49. The summed E-state index contributed by atoms with van der Waals surface area (Å²) in [4.78, 5) is 39.1. The van der Waals surface area contributed by atoms with Crippen LogP contribution in [-0.4, -0.2) is 30.4 Å². The number of nitrogens with zero attached hydrogens (tertiary/aromatic N) is 1.